The maximum atomic E-state index is 10.0. The van der Waals surface area contributed by atoms with E-state index in [9.17, 15) is 19.8 Å². The van der Waals surface area contributed by atoms with Gasteiger partial charge in [0.15, 0.2) is 0 Å². The fourth-order valence-corrected chi connectivity index (χ4v) is 2.17. The summed E-state index contributed by atoms with van der Waals surface area (Å²) in [7, 11) is 0. The molecule has 0 unspecified atom stereocenters. The van der Waals surface area contributed by atoms with Crippen molar-refractivity contribution in [3.63, 3.8) is 0 Å². The molecule has 0 aromatic heterocycles. The Morgan fingerprint density at radius 1 is 0.625 bits per heavy atom. The van der Waals surface area contributed by atoms with Gasteiger partial charge in [0.25, 0.3) is 0 Å². The minimum Gasteiger partial charge on any atom is -0.550 e. The van der Waals surface area contributed by atoms with E-state index in [1.807, 2.05) is 0 Å². The molecule has 0 aliphatic heterocycles. The van der Waals surface area contributed by atoms with Crippen LogP contribution in [0.2, 0.25) is 0 Å². The van der Waals surface area contributed by atoms with Gasteiger partial charge < -0.3 is 19.8 Å². The van der Waals surface area contributed by atoms with Gasteiger partial charge >= 0.3 is 37.7 Å². The quantitative estimate of drug-likeness (QED) is 0.370. The van der Waals surface area contributed by atoms with Gasteiger partial charge in [-0.15, -0.1) is 0 Å². The number of carboxylic acid groups (broad SMARTS) is 2. The summed E-state index contributed by atoms with van der Waals surface area (Å²) in [6.07, 6.45) is 10.0. The van der Waals surface area contributed by atoms with Gasteiger partial charge in [-0.05, 0) is 37.5 Å². The molecule has 0 spiro atoms. The van der Waals surface area contributed by atoms with E-state index in [-0.39, 0.29) is 50.6 Å². The summed E-state index contributed by atoms with van der Waals surface area (Å²) >= 11 is 0. The summed E-state index contributed by atoms with van der Waals surface area (Å²) in [6.45, 7) is 8.78. The van der Waals surface area contributed by atoms with Crippen molar-refractivity contribution in [1.82, 2.24) is 0 Å². The molecule has 0 radical (unpaired) electrons. The van der Waals surface area contributed by atoms with Gasteiger partial charge in [0.05, 0.1) is 0 Å². The molecule has 0 aromatic rings. The zero-order valence-electron chi connectivity index (χ0n) is 16.3. The molecule has 4 nitrogen and oxygen atoms in total. The van der Waals surface area contributed by atoms with E-state index in [4.69, 9.17) is 0 Å². The number of carbonyl (C=O) groups excluding carboxylic acids is 2. The van der Waals surface area contributed by atoms with Crippen LogP contribution < -0.4 is 10.2 Å². The van der Waals surface area contributed by atoms with Crippen LogP contribution in [-0.2, 0) is 9.59 Å². The summed E-state index contributed by atoms with van der Waals surface area (Å²) in [5.41, 5.74) is 0. The number of unbranched alkanes of at least 4 members (excludes halogenated alkanes) is 5. The van der Waals surface area contributed by atoms with Gasteiger partial charge in [0, 0.05) is 11.9 Å². The molecular weight excluding hydrogens is 332 g/mol. The number of carbonyl (C=O) groups is 2. The average Bonchev–Trinajstić information content (AvgIpc) is 2.41. The van der Waals surface area contributed by atoms with Crippen molar-refractivity contribution in [2.45, 2.75) is 98.3 Å². The standard InChI is InChI=1S/C10H20O2.C9H18O2.Ca/c1-9(2)7-5-3-4-6-8-10(11)12;1-8(2)6-4-3-5-7-9(10)11;/h9H,3-8H2,1-2H3,(H,11,12);8H,3-7H2,1-2H3,(H,10,11);/q;;+2/p-2. The van der Waals surface area contributed by atoms with Crippen LogP contribution in [0.5, 0.6) is 0 Å². The van der Waals surface area contributed by atoms with Crippen molar-refractivity contribution in [3.05, 3.63) is 0 Å². The Bertz CT molecular complexity index is 291. The Hall–Kier alpha value is 0.200. The largest absolute Gasteiger partial charge is 2.00 e. The molecule has 0 atom stereocenters. The van der Waals surface area contributed by atoms with Gasteiger partial charge in [0.2, 0.25) is 0 Å². The molecule has 138 valence electrons. The summed E-state index contributed by atoms with van der Waals surface area (Å²) in [5, 5.41) is 20.0. The predicted octanol–water partition coefficient (Wildman–Crippen LogP) is 2.69. The van der Waals surface area contributed by atoms with Crippen LogP contribution >= 0.6 is 0 Å². The third-order valence-electron chi connectivity index (χ3n) is 3.57. The maximum Gasteiger partial charge on any atom is 2.00 e. The molecule has 0 amide bonds. The van der Waals surface area contributed by atoms with E-state index in [2.05, 4.69) is 27.7 Å². The van der Waals surface area contributed by atoms with Crippen LogP contribution in [0.4, 0.5) is 0 Å². The molecule has 0 aliphatic carbocycles. The van der Waals surface area contributed by atoms with Crippen LogP contribution in [0.1, 0.15) is 98.3 Å². The summed E-state index contributed by atoms with van der Waals surface area (Å²) in [4.78, 5) is 20.0. The SMILES string of the molecule is CC(C)CCCCCC(=O)[O-].CC(C)CCCCCCC(=O)[O-].[Ca+2]. The van der Waals surface area contributed by atoms with E-state index in [0.717, 1.165) is 50.4 Å². The van der Waals surface area contributed by atoms with Crippen molar-refractivity contribution in [2.24, 2.45) is 11.8 Å². The molecule has 0 saturated carbocycles. The van der Waals surface area contributed by atoms with Gasteiger partial charge in [0.1, 0.15) is 0 Å². The first-order valence-corrected chi connectivity index (χ1v) is 9.15. The molecule has 0 aliphatic rings. The van der Waals surface area contributed by atoms with Crippen molar-refractivity contribution in [2.75, 3.05) is 0 Å². The molecule has 24 heavy (non-hydrogen) atoms. The molecule has 5 heteroatoms. The van der Waals surface area contributed by atoms with Gasteiger partial charge in [-0.2, -0.15) is 0 Å². The van der Waals surface area contributed by atoms with Crippen molar-refractivity contribution in [1.29, 1.82) is 0 Å². The molecule has 0 saturated heterocycles. The first kappa shape index (κ1) is 29.0. The Morgan fingerprint density at radius 3 is 1.21 bits per heavy atom. The van der Waals surface area contributed by atoms with E-state index < -0.39 is 11.9 Å². The van der Waals surface area contributed by atoms with E-state index in [1.54, 1.807) is 0 Å². The van der Waals surface area contributed by atoms with Gasteiger partial charge in [-0.25, -0.2) is 0 Å². The van der Waals surface area contributed by atoms with Gasteiger partial charge in [-0.3, -0.25) is 0 Å². The van der Waals surface area contributed by atoms with E-state index in [1.165, 1.54) is 19.3 Å². The second-order valence-electron chi connectivity index (χ2n) is 7.08. The Kier molecular flexibility index (Phi) is 25.7. The van der Waals surface area contributed by atoms with Crippen LogP contribution in [0.3, 0.4) is 0 Å². The molecular formula is C19H36CaO4. The molecule has 0 bridgehead atoms. The normalized spacial score (nSPS) is 10.1. The molecule has 0 N–H and O–H groups in total. The summed E-state index contributed by atoms with van der Waals surface area (Å²) in [5.74, 6) is -0.336. The topological polar surface area (TPSA) is 80.3 Å². The number of carboxylic acids is 2. The fraction of sp³-hybridized carbons (Fsp3) is 0.895. The minimum atomic E-state index is -0.922. The zero-order valence-corrected chi connectivity index (χ0v) is 18.5. The molecule has 0 rings (SSSR count). The zero-order chi connectivity index (χ0) is 18.1. The van der Waals surface area contributed by atoms with Gasteiger partial charge in [-0.1, -0.05) is 72.6 Å². The van der Waals surface area contributed by atoms with Crippen molar-refractivity contribution in [3.8, 4) is 0 Å². The smallest absolute Gasteiger partial charge is 0.550 e. The third kappa shape index (κ3) is 33.7. The van der Waals surface area contributed by atoms with Crippen molar-refractivity contribution < 1.29 is 19.8 Å². The fourth-order valence-electron chi connectivity index (χ4n) is 2.17. The van der Waals surface area contributed by atoms with E-state index >= 15 is 0 Å². The van der Waals surface area contributed by atoms with E-state index in [0.29, 0.717) is 0 Å². The second-order valence-corrected chi connectivity index (χ2v) is 7.08. The first-order valence-electron chi connectivity index (χ1n) is 9.15. The number of hydrogen-bond acceptors (Lipinski definition) is 4. The van der Waals surface area contributed by atoms with Crippen LogP contribution in [0.25, 0.3) is 0 Å². The Morgan fingerprint density at radius 2 is 0.917 bits per heavy atom. The first-order chi connectivity index (χ1) is 10.8. The Balaban J connectivity index is -0.000000354. The maximum absolute atomic E-state index is 10.0. The second kappa shape index (κ2) is 21.2. The van der Waals surface area contributed by atoms with Crippen LogP contribution in [0, 0.1) is 11.8 Å². The molecule has 0 fully saturated rings. The van der Waals surface area contributed by atoms with Crippen molar-refractivity contribution >= 4 is 49.7 Å². The van der Waals surface area contributed by atoms with Crippen LogP contribution in [-0.4, -0.2) is 49.7 Å². The minimum absolute atomic E-state index is 0. The average molecular weight is 369 g/mol. The van der Waals surface area contributed by atoms with Crippen LogP contribution in [0.15, 0.2) is 0 Å². The summed E-state index contributed by atoms with van der Waals surface area (Å²) in [6, 6.07) is 0. The predicted molar refractivity (Wildman–Crippen MR) is 96.2 cm³/mol. The molecule has 0 heterocycles. The number of aliphatic carboxylic acids is 2. The third-order valence-corrected chi connectivity index (χ3v) is 3.57. The Labute approximate surface area is 178 Å². The summed E-state index contributed by atoms with van der Waals surface area (Å²) < 4.78 is 0. The number of rotatable bonds is 13. The number of hydrogen-bond donors (Lipinski definition) is 0. The molecule has 0 aromatic carbocycles. The monoisotopic (exact) mass is 368 g/mol.